The van der Waals surface area contributed by atoms with Crippen molar-refractivity contribution in [3.05, 3.63) is 73.3 Å². The number of hydrogen-bond donors (Lipinski definition) is 0. The molecule has 0 saturated carbocycles. The van der Waals surface area contributed by atoms with E-state index in [1.807, 2.05) is 78.7 Å². The lowest BCUT2D eigenvalue weighted by molar-refractivity contribution is 0.174. The van der Waals surface area contributed by atoms with Gasteiger partial charge in [-0.05, 0) is 59.8 Å². The fourth-order valence-corrected chi connectivity index (χ4v) is 5.34. The van der Waals surface area contributed by atoms with Crippen LogP contribution < -0.4 is 14.2 Å². The lowest BCUT2D eigenvalue weighted by Crippen LogP contribution is -1.93. The first-order valence-electron chi connectivity index (χ1n) is 11.5. The average molecular weight is 509 g/mol. The van der Waals surface area contributed by atoms with Crippen molar-refractivity contribution in [2.24, 2.45) is 7.05 Å². The molecular weight excluding hydrogens is 488 g/mol. The Kier molecular flexibility index (Phi) is 5.00. The summed E-state index contributed by atoms with van der Waals surface area (Å²) in [5, 5.41) is 14.7. The molecule has 7 rings (SSSR count). The standard InChI is InChI=1S/C27H20N6O3S/c1-32-13-18(11-29-32)17-4-8-25-30-31-27(33(25)14-17)37-19-5-6-22-20(10-19)26(34-2)21(12-28-22)16-3-7-23-24(9-16)36-15-35-23/h3-14H,15H2,1-2H3. The van der Waals surface area contributed by atoms with Gasteiger partial charge in [-0.1, -0.05) is 6.07 Å². The topological polar surface area (TPSA) is 88.6 Å². The van der Waals surface area contributed by atoms with Crippen LogP contribution in [0.5, 0.6) is 17.2 Å². The summed E-state index contributed by atoms with van der Waals surface area (Å²) < 4.78 is 20.7. The summed E-state index contributed by atoms with van der Waals surface area (Å²) in [6.07, 6.45) is 7.70. The zero-order valence-corrected chi connectivity index (χ0v) is 20.8. The van der Waals surface area contributed by atoms with Gasteiger partial charge in [0, 0.05) is 52.6 Å². The molecule has 0 atom stereocenters. The monoisotopic (exact) mass is 508 g/mol. The first-order chi connectivity index (χ1) is 18.2. The number of aromatic nitrogens is 6. The Hall–Kier alpha value is -4.57. The van der Waals surface area contributed by atoms with Gasteiger partial charge in [0.1, 0.15) is 5.75 Å². The number of pyridine rings is 2. The average Bonchev–Trinajstić information content (AvgIpc) is 3.67. The van der Waals surface area contributed by atoms with E-state index in [1.54, 1.807) is 11.8 Å². The number of ether oxygens (including phenoxy) is 3. The van der Waals surface area contributed by atoms with Crippen molar-refractivity contribution >= 4 is 28.3 Å². The molecule has 0 unspecified atom stereocenters. The number of rotatable bonds is 5. The van der Waals surface area contributed by atoms with Crippen molar-refractivity contribution in [2.45, 2.75) is 10.1 Å². The van der Waals surface area contributed by atoms with Crippen LogP contribution >= 0.6 is 11.8 Å². The Bertz CT molecular complexity index is 1810. The number of benzene rings is 2. The van der Waals surface area contributed by atoms with Gasteiger partial charge >= 0.3 is 0 Å². The quantitative estimate of drug-likeness (QED) is 0.313. The van der Waals surface area contributed by atoms with E-state index < -0.39 is 0 Å². The van der Waals surface area contributed by atoms with Crippen LogP contribution in [-0.2, 0) is 7.05 Å². The summed E-state index contributed by atoms with van der Waals surface area (Å²) >= 11 is 1.53. The van der Waals surface area contributed by atoms with E-state index >= 15 is 0 Å². The largest absolute Gasteiger partial charge is 0.495 e. The van der Waals surface area contributed by atoms with Gasteiger partial charge in [-0.15, -0.1) is 10.2 Å². The molecule has 0 radical (unpaired) electrons. The molecule has 2 aromatic carbocycles. The summed E-state index contributed by atoms with van der Waals surface area (Å²) in [7, 11) is 3.58. The minimum absolute atomic E-state index is 0.230. The molecule has 182 valence electrons. The van der Waals surface area contributed by atoms with Crippen LogP contribution in [0, 0.1) is 0 Å². The van der Waals surface area contributed by atoms with Gasteiger partial charge in [0.2, 0.25) is 6.79 Å². The predicted molar refractivity (Wildman–Crippen MR) is 139 cm³/mol. The third kappa shape index (κ3) is 3.73. The fraction of sp³-hybridized carbons (Fsp3) is 0.111. The van der Waals surface area contributed by atoms with Crippen LogP contribution in [0.4, 0.5) is 0 Å². The Balaban J connectivity index is 1.28. The van der Waals surface area contributed by atoms with Gasteiger partial charge in [0.15, 0.2) is 22.3 Å². The predicted octanol–water partition coefficient (Wildman–Crippen LogP) is 5.23. The van der Waals surface area contributed by atoms with E-state index in [-0.39, 0.29) is 6.79 Å². The van der Waals surface area contributed by atoms with Crippen molar-refractivity contribution in [1.82, 2.24) is 29.4 Å². The van der Waals surface area contributed by atoms with E-state index in [4.69, 9.17) is 19.2 Å². The van der Waals surface area contributed by atoms with Gasteiger partial charge in [0.05, 0.1) is 18.8 Å². The van der Waals surface area contributed by atoms with E-state index in [9.17, 15) is 0 Å². The van der Waals surface area contributed by atoms with Gasteiger partial charge in [-0.2, -0.15) is 5.10 Å². The van der Waals surface area contributed by atoms with Crippen molar-refractivity contribution in [3.8, 4) is 39.5 Å². The smallest absolute Gasteiger partial charge is 0.231 e. The molecule has 0 bridgehead atoms. The minimum atomic E-state index is 0.230. The SMILES string of the molecule is COc1c(-c2ccc3c(c2)OCO3)cnc2ccc(Sc3nnc4ccc(-c5cnn(C)c5)cn34)cc12. The van der Waals surface area contributed by atoms with E-state index in [0.717, 1.165) is 60.4 Å². The molecule has 0 saturated heterocycles. The Morgan fingerprint density at radius 3 is 2.65 bits per heavy atom. The molecule has 9 nitrogen and oxygen atoms in total. The molecule has 5 heterocycles. The maximum Gasteiger partial charge on any atom is 0.231 e. The van der Waals surface area contributed by atoms with E-state index in [1.165, 1.54) is 11.8 Å². The highest BCUT2D eigenvalue weighted by molar-refractivity contribution is 7.99. The highest BCUT2D eigenvalue weighted by Crippen LogP contribution is 2.42. The summed E-state index contributed by atoms with van der Waals surface area (Å²) in [5.41, 5.74) is 5.52. The highest BCUT2D eigenvalue weighted by atomic mass is 32.2. The van der Waals surface area contributed by atoms with Crippen LogP contribution in [0.15, 0.2) is 83.4 Å². The fourth-order valence-electron chi connectivity index (χ4n) is 4.49. The highest BCUT2D eigenvalue weighted by Gasteiger charge is 2.18. The molecular formula is C27H20N6O3S. The number of methoxy groups -OCH3 is 1. The Labute approximate surface area is 215 Å². The molecule has 37 heavy (non-hydrogen) atoms. The Morgan fingerprint density at radius 2 is 1.78 bits per heavy atom. The molecule has 0 spiro atoms. The molecule has 4 aromatic heterocycles. The number of fused-ring (bicyclic) bond motifs is 3. The molecule has 0 amide bonds. The zero-order chi connectivity index (χ0) is 24.9. The molecule has 1 aliphatic heterocycles. The molecule has 0 aliphatic carbocycles. The molecule has 0 N–H and O–H groups in total. The molecule has 1 aliphatic rings. The van der Waals surface area contributed by atoms with Gasteiger partial charge in [0.25, 0.3) is 0 Å². The van der Waals surface area contributed by atoms with Crippen LogP contribution in [0.2, 0.25) is 0 Å². The van der Waals surface area contributed by atoms with Crippen molar-refractivity contribution in [1.29, 1.82) is 0 Å². The normalized spacial score (nSPS) is 12.5. The second-order valence-corrected chi connectivity index (χ2v) is 9.63. The minimum Gasteiger partial charge on any atom is -0.495 e. The third-order valence-electron chi connectivity index (χ3n) is 6.30. The molecule has 10 heteroatoms. The van der Waals surface area contributed by atoms with Crippen molar-refractivity contribution in [3.63, 3.8) is 0 Å². The van der Waals surface area contributed by atoms with Gasteiger partial charge in [-0.3, -0.25) is 14.1 Å². The summed E-state index contributed by atoms with van der Waals surface area (Å²) in [4.78, 5) is 5.69. The summed E-state index contributed by atoms with van der Waals surface area (Å²) in [6, 6.07) is 15.9. The maximum atomic E-state index is 5.90. The van der Waals surface area contributed by atoms with Crippen molar-refractivity contribution < 1.29 is 14.2 Å². The maximum absolute atomic E-state index is 5.90. The lowest BCUT2D eigenvalue weighted by atomic mass is 10.0. The third-order valence-corrected chi connectivity index (χ3v) is 7.25. The van der Waals surface area contributed by atoms with Crippen LogP contribution in [-0.4, -0.2) is 43.3 Å². The Morgan fingerprint density at radius 1 is 0.892 bits per heavy atom. The molecule has 6 aromatic rings. The second-order valence-electron chi connectivity index (χ2n) is 8.59. The number of nitrogens with zero attached hydrogens (tertiary/aromatic N) is 6. The lowest BCUT2D eigenvalue weighted by Gasteiger charge is -2.13. The van der Waals surface area contributed by atoms with Crippen molar-refractivity contribution in [2.75, 3.05) is 13.9 Å². The van der Waals surface area contributed by atoms with E-state index in [0.29, 0.717) is 5.75 Å². The second kappa shape index (κ2) is 8.52. The van der Waals surface area contributed by atoms with Gasteiger partial charge in [-0.25, -0.2) is 0 Å². The molecule has 0 fully saturated rings. The number of aryl methyl sites for hydroxylation is 1. The number of hydrogen-bond acceptors (Lipinski definition) is 8. The van der Waals surface area contributed by atoms with Crippen LogP contribution in [0.3, 0.4) is 0 Å². The van der Waals surface area contributed by atoms with Crippen LogP contribution in [0.1, 0.15) is 0 Å². The van der Waals surface area contributed by atoms with Gasteiger partial charge < -0.3 is 14.2 Å². The van der Waals surface area contributed by atoms with Crippen LogP contribution in [0.25, 0.3) is 38.8 Å². The first kappa shape index (κ1) is 21.7. The summed E-state index contributed by atoms with van der Waals surface area (Å²) in [5.74, 6) is 2.20. The van der Waals surface area contributed by atoms with E-state index in [2.05, 4.69) is 21.4 Å². The first-order valence-corrected chi connectivity index (χ1v) is 12.4. The summed E-state index contributed by atoms with van der Waals surface area (Å²) in [6.45, 7) is 0.230. The zero-order valence-electron chi connectivity index (χ0n) is 20.0.